The standard InChI is InChI=1S/C12H17NO3S/c1-8-7-10(17-9(8)2)12(16)13-6-4-3-5-11(14)15/h7H,3-6H2,1-2H3,(H,13,16)(H,14,15). The first-order chi connectivity index (χ1) is 8.00. The van der Waals surface area contributed by atoms with E-state index in [9.17, 15) is 9.59 Å². The molecular weight excluding hydrogens is 238 g/mol. The first-order valence-electron chi connectivity index (χ1n) is 5.57. The Morgan fingerprint density at radius 1 is 1.35 bits per heavy atom. The summed E-state index contributed by atoms with van der Waals surface area (Å²) in [4.78, 5) is 23.8. The van der Waals surface area contributed by atoms with Gasteiger partial charge in [0.25, 0.3) is 5.91 Å². The van der Waals surface area contributed by atoms with Gasteiger partial charge in [-0.05, 0) is 38.3 Å². The highest BCUT2D eigenvalue weighted by molar-refractivity contribution is 7.14. The maximum Gasteiger partial charge on any atom is 0.303 e. The van der Waals surface area contributed by atoms with Crippen LogP contribution >= 0.6 is 11.3 Å². The molecule has 0 aromatic carbocycles. The average molecular weight is 255 g/mol. The van der Waals surface area contributed by atoms with Crippen molar-refractivity contribution in [2.24, 2.45) is 0 Å². The second-order valence-corrected chi connectivity index (χ2v) is 5.21. The number of carboxylic acid groups (broad SMARTS) is 1. The molecule has 0 spiro atoms. The van der Waals surface area contributed by atoms with Gasteiger partial charge in [0.1, 0.15) is 0 Å². The van der Waals surface area contributed by atoms with Crippen LogP contribution in [-0.2, 0) is 4.79 Å². The third-order valence-electron chi connectivity index (χ3n) is 2.49. The van der Waals surface area contributed by atoms with E-state index >= 15 is 0 Å². The average Bonchev–Trinajstić information content (AvgIpc) is 2.58. The summed E-state index contributed by atoms with van der Waals surface area (Å²) in [6.07, 6.45) is 1.45. The van der Waals surface area contributed by atoms with E-state index in [-0.39, 0.29) is 12.3 Å². The van der Waals surface area contributed by atoms with Gasteiger partial charge in [-0.15, -0.1) is 11.3 Å². The molecule has 0 saturated heterocycles. The second-order valence-electron chi connectivity index (χ2n) is 3.96. The van der Waals surface area contributed by atoms with Gasteiger partial charge >= 0.3 is 5.97 Å². The Morgan fingerprint density at radius 3 is 2.59 bits per heavy atom. The number of unbranched alkanes of at least 4 members (excludes halogenated alkanes) is 1. The molecule has 0 radical (unpaired) electrons. The number of nitrogens with one attached hydrogen (secondary N) is 1. The van der Waals surface area contributed by atoms with Crippen LogP contribution in [0.5, 0.6) is 0 Å². The fraction of sp³-hybridized carbons (Fsp3) is 0.500. The monoisotopic (exact) mass is 255 g/mol. The van der Waals surface area contributed by atoms with Crippen molar-refractivity contribution >= 4 is 23.2 Å². The molecule has 0 saturated carbocycles. The highest BCUT2D eigenvalue weighted by Crippen LogP contribution is 2.20. The number of carbonyl (C=O) groups excluding carboxylic acids is 1. The molecule has 0 aliphatic carbocycles. The first-order valence-corrected chi connectivity index (χ1v) is 6.39. The van der Waals surface area contributed by atoms with Gasteiger partial charge in [-0.25, -0.2) is 0 Å². The number of carboxylic acids is 1. The molecule has 94 valence electrons. The molecule has 1 aromatic heterocycles. The summed E-state index contributed by atoms with van der Waals surface area (Å²) in [7, 11) is 0. The van der Waals surface area contributed by atoms with E-state index in [1.807, 2.05) is 19.9 Å². The van der Waals surface area contributed by atoms with E-state index in [1.165, 1.54) is 11.3 Å². The van der Waals surface area contributed by atoms with Gasteiger partial charge in [0.15, 0.2) is 0 Å². The van der Waals surface area contributed by atoms with Crippen LogP contribution in [0, 0.1) is 13.8 Å². The van der Waals surface area contributed by atoms with E-state index in [0.717, 1.165) is 15.3 Å². The molecule has 0 aliphatic heterocycles. The van der Waals surface area contributed by atoms with Crippen molar-refractivity contribution in [2.75, 3.05) is 6.54 Å². The summed E-state index contributed by atoms with van der Waals surface area (Å²) in [5, 5.41) is 11.2. The molecule has 1 aromatic rings. The van der Waals surface area contributed by atoms with Crippen LogP contribution < -0.4 is 5.32 Å². The lowest BCUT2D eigenvalue weighted by atomic mass is 10.2. The Labute approximate surface area is 105 Å². The van der Waals surface area contributed by atoms with E-state index < -0.39 is 5.97 Å². The molecule has 17 heavy (non-hydrogen) atoms. The Hall–Kier alpha value is -1.36. The summed E-state index contributed by atoms with van der Waals surface area (Å²) in [5.41, 5.74) is 1.13. The maximum atomic E-state index is 11.7. The molecule has 1 amide bonds. The number of aliphatic carboxylic acids is 1. The van der Waals surface area contributed by atoms with Crippen molar-refractivity contribution in [3.05, 3.63) is 21.4 Å². The predicted octanol–water partition coefficient (Wildman–Crippen LogP) is 2.35. The zero-order valence-electron chi connectivity index (χ0n) is 10.1. The Morgan fingerprint density at radius 2 is 2.06 bits per heavy atom. The third-order valence-corrected chi connectivity index (χ3v) is 3.64. The summed E-state index contributed by atoms with van der Waals surface area (Å²) in [5.74, 6) is -0.859. The predicted molar refractivity (Wildman–Crippen MR) is 67.6 cm³/mol. The topological polar surface area (TPSA) is 66.4 Å². The van der Waals surface area contributed by atoms with Crippen LogP contribution in [0.1, 0.15) is 39.4 Å². The van der Waals surface area contributed by atoms with Gasteiger partial charge in [-0.1, -0.05) is 0 Å². The smallest absolute Gasteiger partial charge is 0.303 e. The summed E-state index contributed by atoms with van der Waals surface area (Å²) in [6, 6.07) is 1.88. The summed E-state index contributed by atoms with van der Waals surface area (Å²) >= 11 is 1.48. The molecule has 1 rings (SSSR count). The molecule has 1 heterocycles. The number of amides is 1. The molecular formula is C12H17NO3S. The Balaban J connectivity index is 2.28. The SMILES string of the molecule is Cc1cc(C(=O)NCCCCC(=O)O)sc1C. The van der Waals surface area contributed by atoms with Crippen LogP contribution in [0.3, 0.4) is 0 Å². The van der Waals surface area contributed by atoms with Crippen molar-refractivity contribution in [2.45, 2.75) is 33.1 Å². The zero-order valence-corrected chi connectivity index (χ0v) is 10.9. The Bertz CT molecular complexity index is 392. The quantitative estimate of drug-likeness (QED) is 0.767. The van der Waals surface area contributed by atoms with Crippen molar-refractivity contribution in [1.29, 1.82) is 0 Å². The van der Waals surface area contributed by atoms with Crippen LogP contribution in [0.25, 0.3) is 0 Å². The minimum Gasteiger partial charge on any atom is -0.481 e. The molecule has 0 aliphatic rings. The van der Waals surface area contributed by atoms with Gasteiger partial charge < -0.3 is 10.4 Å². The minimum absolute atomic E-state index is 0.0680. The summed E-state index contributed by atoms with van der Waals surface area (Å²) in [6.45, 7) is 4.50. The van der Waals surface area contributed by atoms with Gasteiger partial charge in [-0.3, -0.25) is 9.59 Å². The van der Waals surface area contributed by atoms with E-state index in [1.54, 1.807) is 0 Å². The molecule has 0 fully saturated rings. The molecule has 4 nitrogen and oxygen atoms in total. The van der Waals surface area contributed by atoms with Gasteiger partial charge in [0.2, 0.25) is 0 Å². The number of aryl methyl sites for hydroxylation is 2. The number of carbonyl (C=O) groups is 2. The largest absolute Gasteiger partial charge is 0.481 e. The molecule has 0 bridgehead atoms. The van der Waals surface area contributed by atoms with E-state index in [2.05, 4.69) is 5.32 Å². The van der Waals surface area contributed by atoms with Gasteiger partial charge in [0, 0.05) is 17.8 Å². The molecule has 0 atom stereocenters. The van der Waals surface area contributed by atoms with Gasteiger partial charge in [0.05, 0.1) is 4.88 Å². The lowest BCUT2D eigenvalue weighted by Crippen LogP contribution is -2.23. The van der Waals surface area contributed by atoms with Crippen LogP contribution in [0.15, 0.2) is 6.07 Å². The fourth-order valence-corrected chi connectivity index (χ4v) is 2.33. The fourth-order valence-electron chi connectivity index (χ4n) is 1.38. The highest BCUT2D eigenvalue weighted by atomic mass is 32.1. The minimum atomic E-state index is -0.791. The maximum absolute atomic E-state index is 11.7. The number of hydrogen-bond acceptors (Lipinski definition) is 3. The Kier molecular flexibility index (Phi) is 5.15. The molecule has 5 heteroatoms. The second kappa shape index (κ2) is 6.39. The lowest BCUT2D eigenvalue weighted by molar-refractivity contribution is -0.137. The van der Waals surface area contributed by atoms with Crippen LogP contribution in [0.4, 0.5) is 0 Å². The highest BCUT2D eigenvalue weighted by Gasteiger charge is 2.09. The van der Waals surface area contributed by atoms with Crippen LogP contribution in [-0.4, -0.2) is 23.5 Å². The normalized spacial score (nSPS) is 10.2. The van der Waals surface area contributed by atoms with Crippen molar-refractivity contribution in [1.82, 2.24) is 5.32 Å². The van der Waals surface area contributed by atoms with Crippen molar-refractivity contribution < 1.29 is 14.7 Å². The lowest BCUT2D eigenvalue weighted by Gasteiger charge is -2.02. The van der Waals surface area contributed by atoms with E-state index in [0.29, 0.717) is 19.4 Å². The first kappa shape index (κ1) is 13.7. The van der Waals surface area contributed by atoms with Gasteiger partial charge in [-0.2, -0.15) is 0 Å². The van der Waals surface area contributed by atoms with Crippen molar-refractivity contribution in [3.63, 3.8) is 0 Å². The third kappa shape index (κ3) is 4.56. The van der Waals surface area contributed by atoms with Crippen LogP contribution in [0.2, 0.25) is 0 Å². The zero-order chi connectivity index (χ0) is 12.8. The van der Waals surface area contributed by atoms with E-state index in [4.69, 9.17) is 5.11 Å². The number of thiophene rings is 1. The molecule has 2 N–H and O–H groups in total. The summed E-state index contributed by atoms with van der Waals surface area (Å²) < 4.78 is 0. The number of hydrogen-bond donors (Lipinski definition) is 2. The molecule has 0 unspecified atom stereocenters. The number of rotatable bonds is 6. The van der Waals surface area contributed by atoms with Crippen molar-refractivity contribution in [3.8, 4) is 0 Å².